The lowest BCUT2D eigenvalue weighted by atomic mass is 10.4. The quantitative estimate of drug-likeness (QED) is 0.892. The van der Waals surface area contributed by atoms with Gasteiger partial charge in [-0.15, -0.1) is 11.3 Å². The topological polar surface area (TPSA) is 94.1 Å². The summed E-state index contributed by atoms with van der Waals surface area (Å²) in [6.07, 6.45) is 1.40. The number of sulfonamides is 1. The molecule has 19 heavy (non-hydrogen) atoms. The van der Waals surface area contributed by atoms with Crippen molar-refractivity contribution in [3.05, 3.63) is 22.3 Å². The average Bonchev–Trinajstić information content (AvgIpc) is 2.86. The fourth-order valence-electron chi connectivity index (χ4n) is 1.62. The highest BCUT2D eigenvalue weighted by Crippen LogP contribution is 2.23. The summed E-state index contributed by atoms with van der Waals surface area (Å²) < 4.78 is 27.4. The fraction of sp³-hybridized carbons (Fsp3) is 0.400. The highest BCUT2D eigenvalue weighted by molar-refractivity contribution is 7.89. The summed E-state index contributed by atoms with van der Waals surface area (Å²) in [4.78, 5) is 5.04. The second kappa shape index (κ2) is 4.91. The van der Waals surface area contributed by atoms with Crippen molar-refractivity contribution in [1.29, 1.82) is 0 Å². The molecule has 2 aromatic heterocycles. The molecule has 0 aliphatic carbocycles. The molecule has 0 atom stereocenters. The van der Waals surface area contributed by atoms with Gasteiger partial charge in [-0.1, -0.05) is 0 Å². The minimum atomic E-state index is -3.64. The molecular weight excluding hydrogens is 286 g/mol. The van der Waals surface area contributed by atoms with Gasteiger partial charge in [0.1, 0.15) is 4.90 Å². The first-order valence-corrected chi connectivity index (χ1v) is 7.78. The molecule has 0 unspecified atom stereocenters. The van der Waals surface area contributed by atoms with Crippen LogP contribution in [-0.2, 0) is 23.6 Å². The summed E-state index contributed by atoms with van der Waals surface area (Å²) >= 11 is 1.43. The fourth-order valence-corrected chi connectivity index (χ4v) is 3.75. The Morgan fingerprint density at radius 1 is 1.53 bits per heavy atom. The molecular formula is C10H15N5O2S2. The summed E-state index contributed by atoms with van der Waals surface area (Å²) in [5.74, 6) is 0.00961. The summed E-state index contributed by atoms with van der Waals surface area (Å²) in [7, 11) is -0.495. The van der Waals surface area contributed by atoms with Crippen molar-refractivity contribution < 1.29 is 8.42 Å². The number of nitrogens with zero attached hydrogens (tertiary/aromatic N) is 4. The van der Waals surface area contributed by atoms with E-state index in [1.165, 1.54) is 33.6 Å². The predicted molar refractivity (Wildman–Crippen MR) is 73.1 cm³/mol. The molecule has 0 aromatic carbocycles. The molecule has 0 fully saturated rings. The largest absolute Gasteiger partial charge is 0.381 e. The smallest absolute Gasteiger partial charge is 0.248 e. The maximum atomic E-state index is 12.4. The van der Waals surface area contributed by atoms with Gasteiger partial charge in [0.2, 0.25) is 10.0 Å². The van der Waals surface area contributed by atoms with Crippen LogP contribution in [0.1, 0.15) is 10.6 Å². The van der Waals surface area contributed by atoms with E-state index in [4.69, 9.17) is 5.73 Å². The molecule has 104 valence electrons. The van der Waals surface area contributed by atoms with E-state index in [-0.39, 0.29) is 17.3 Å². The molecule has 0 bridgehead atoms. The van der Waals surface area contributed by atoms with Crippen LogP contribution >= 0.6 is 11.3 Å². The average molecular weight is 301 g/mol. The van der Waals surface area contributed by atoms with E-state index in [1.807, 2.05) is 6.92 Å². The molecule has 0 spiro atoms. The Hall–Kier alpha value is -1.45. The molecule has 9 heteroatoms. The molecule has 0 saturated heterocycles. The van der Waals surface area contributed by atoms with Crippen LogP contribution in [0.4, 0.5) is 5.82 Å². The van der Waals surface area contributed by atoms with Crippen LogP contribution in [-0.4, -0.2) is 34.5 Å². The lowest BCUT2D eigenvalue weighted by Gasteiger charge is -2.15. The van der Waals surface area contributed by atoms with Gasteiger partial charge < -0.3 is 5.73 Å². The first kappa shape index (κ1) is 14.0. The SMILES string of the molecule is Cc1ncsc1CN(C)S(=O)(=O)c1cn(C)nc1N. The van der Waals surface area contributed by atoms with Crippen LogP contribution in [0.3, 0.4) is 0 Å². The van der Waals surface area contributed by atoms with Gasteiger partial charge in [-0.05, 0) is 6.92 Å². The first-order valence-electron chi connectivity index (χ1n) is 5.47. The van der Waals surface area contributed by atoms with Gasteiger partial charge in [0.25, 0.3) is 0 Å². The maximum Gasteiger partial charge on any atom is 0.248 e. The molecule has 0 aliphatic rings. The molecule has 0 radical (unpaired) electrons. The normalized spacial score (nSPS) is 12.2. The minimum absolute atomic E-state index is 0.00961. The lowest BCUT2D eigenvalue weighted by molar-refractivity contribution is 0.469. The van der Waals surface area contributed by atoms with Crippen LogP contribution in [0.25, 0.3) is 0 Å². The Balaban J connectivity index is 2.30. The zero-order valence-corrected chi connectivity index (χ0v) is 12.5. The van der Waals surface area contributed by atoms with Crippen molar-refractivity contribution in [3.63, 3.8) is 0 Å². The van der Waals surface area contributed by atoms with Crippen LogP contribution in [0.2, 0.25) is 0 Å². The number of anilines is 1. The molecule has 0 saturated carbocycles. The van der Waals surface area contributed by atoms with Crippen molar-refractivity contribution in [2.24, 2.45) is 7.05 Å². The number of aromatic nitrogens is 3. The molecule has 2 rings (SSSR count). The number of hydrogen-bond donors (Lipinski definition) is 1. The zero-order valence-electron chi connectivity index (χ0n) is 10.9. The van der Waals surface area contributed by atoms with E-state index in [9.17, 15) is 8.42 Å². The third kappa shape index (κ3) is 2.62. The number of hydrogen-bond acceptors (Lipinski definition) is 6. The van der Waals surface area contributed by atoms with E-state index in [0.717, 1.165) is 10.6 Å². The van der Waals surface area contributed by atoms with Crippen LogP contribution in [0.5, 0.6) is 0 Å². The number of rotatable bonds is 4. The van der Waals surface area contributed by atoms with Crippen molar-refractivity contribution in [3.8, 4) is 0 Å². The first-order chi connectivity index (χ1) is 8.82. The van der Waals surface area contributed by atoms with E-state index < -0.39 is 10.0 Å². The number of nitrogen functional groups attached to an aromatic ring is 1. The Kier molecular flexibility index (Phi) is 3.61. The molecule has 2 heterocycles. The third-order valence-electron chi connectivity index (χ3n) is 2.72. The van der Waals surface area contributed by atoms with Crippen LogP contribution in [0.15, 0.2) is 16.6 Å². The van der Waals surface area contributed by atoms with E-state index >= 15 is 0 Å². The third-order valence-corrected chi connectivity index (χ3v) is 5.46. The van der Waals surface area contributed by atoms with Crippen molar-refractivity contribution in [1.82, 2.24) is 19.1 Å². The second-order valence-electron chi connectivity index (χ2n) is 4.17. The Morgan fingerprint density at radius 3 is 2.68 bits per heavy atom. The molecule has 0 aliphatic heterocycles. The van der Waals surface area contributed by atoms with Gasteiger partial charge in [0.15, 0.2) is 5.82 Å². The van der Waals surface area contributed by atoms with Crippen molar-refractivity contribution in [2.75, 3.05) is 12.8 Å². The van der Waals surface area contributed by atoms with Crippen LogP contribution in [0, 0.1) is 6.92 Å². The predicted octanol–water partition coefficient (Wildman–Crippen LogP) is 0.588. The summed E-state index contributed by atoms with van der Waals surface area (Å²) in [6, 6.07) is 0. The number of thiazole rings is 1. The summed E-state index contributed by atoms with van der Waals surface area (Å²) in [5, 5.41) is 3.85. The summed E-state index contributed by atoms with van der Waals surface area (Å²) in [5.41, 5.74) is 8.16. The molecule has 2 aromatic rings. The van der Waals surface area contributed by atoms with E-state index in [0.29, 0.717) is 0 Å². The standard InChI is InChI=1S/C10H15N5O2S2/c1-7-8(18-6-12-7)4-15(3)19(16,17)9-5-14(2)13-10(9)11/h5-6H,4H2,1-3H3,(H2,11,13). The number of aryl methyl sites for hydroxylation is 2. The van der Waals surface area contributed by atoms with Gasteiger partial charge in [-0.2, -0.15) is 9.40 Å². The monoisotopic (exact) mass is 301 g/mol. The van der Waals surface area contributed by atoms with Crippen molar-refractivity contribution >= 4 is 27.2 Å². The Labute approximate surface area is 115 Å². The van der Waals surface area contributed by atoms with Gasteiger partial charge in [0.05, 0.1) is 11.2 Å². The molecule has 7 nitrogen and oxygen atoms in total. The Morgan fingerprint density at radius 2 is 2.21 bits per heavy atom. The van der Waals surface area contributed by atoms with E-state index in [2.05, 4.69) is 10.1 Å². The van der Waals surface area contributed by atoms with Gasteiger partial charge >= 0.3 is 0 Å². The zero-order chi connectivity index (χ0) is 14.2. The number of nitrogens with two attached hydrogens (primary N) is 1. The van der Waals surface area contributed by atoms with Gasteiger partial charge in [-0.3, -0.25) is 4.68 Å². The van der Waals surface area contributed by atoms with Gasteiger partial charge in [0, 0.05) is 31.7 Å². The van der Waals surface area contributed by atoms with Gasteiger partial charge in [-0.25, -0.2) is 13.4 Å². The maximum absolute atomic E-state index is 12.4. The lowest BCUT2D eigenvalue weighted by Crippen LogP contribution is -2.26. The van der Waals surface area contributed by atoms with Crippen molar-refractivity contribution in [2.45, 2.75) is 18.4 Å². The summed E-state index contributed by atoms with van der Waals surface area (Å²) in [6.45, 7) is 2.12. The van der Waals surface area contributed by atoms with Crippen LogP contribution < -0.4 is 5.73 Å². The molecule has 2 N–H and O–H groups in total. The van der Waals surface area contributed by atoms with E-state index in [1.54, 1.807) is 12.6 Å². The molecule has 0 amide bonds. The second-order valence-corrected chi connectivity index (χ2v) is 7.13. The highest BCUT2D eigenvalue weighted by atomic mass is 32.2. The Bertz CT molecular complexity index is 689. The highest BCUT2D eigenvalue weighted by Gasteiger charge is 2.26. The minimum Gasteiger partial charge on any atom is -0.381 e.